The van der Waals surface area contributed by atoms with Crippen molar-refractivity contribution in [2.24, 2.45) is 0 Å². The fourth-order valence-electron chi connectivity index (χ4n) is 1.79. The van der Waals surface area contributed by atoms with Crippen molar-refractivity contribution in [3.05, 3.63) is 34.4 Å². The lowest BCUT2D eigenvalue weighted by atomic mass is 10.3. The van der Waals surface area contributed by atoms with Crippen molar-refractivity contribution >= 4 is 15.7 Å². The third-order valence-corrected chi connectivity index (χ3v) is 4.28. The lowest BCUT2D eigenvalue weighted by Gasteiger charge is -2.11. The molecule has 1 atom stereocenters. The number of nitro benzene ring substituents is 1. The summed E-state index contributed by atoms with van der Waals surface area (Å²) in [7, 11) is -3.60. The van der Waals surface area contributed by atoms with Crippen LogP contribution in [0.1, 0.15) is 6.42 Å². The molecule has 0 aromatic heterocycles. The summed E-state index contributed by atoms with van der Waals surface area (Å²) in [6.07, 6.45) is 0.742. The van der Waals surface area contributed by atoms with Crippen molar-refractivity contribution in [2.75, 3.05) is 13.1 Å². The molecule has 1 aromatic carbocycles. The number of sulfonamides is 1. The first-order chi connectivity index (χ1) is 8.49. The van der Waals surface area contributed by atoms with Gasteiger partial charge in [-0.25, -0.2) is 13.1 Å². The van der Waals surface area contributed by atoms with Gasteiger partial charge in [-0.05, 0) is 25.1 Å². The first-order valence-electron chi connectivity index (χ1n) is 5.46. The summed E-state index contributed by atoms with van der Waals surface area (Å²) in [5.74, 6) is 0. The Morgan fingerprint density at radius 3 is 2.50 bits per heavy atom. The zero-order valence-electron chi connectivity index (χ0n) is 9.50. The molecule has 1 saturated heterocycles. The van der Waals surface area contributed by atoms with E-state index >= 15 is 0 Å². The van der Waals surface area contributed by atoms with Crippen LogP contribution in [-0.2, 0) is 10.0 Å². The number of benzene rings is 1. The van der Waals surface area contributed by atoms with Crippen molar-refractivity contribution in [3.63, 3.8) is 0 Å². The van der Waals surface area contributed by atoms with Gasteiger partial charge in [0.25, 0.3) is 5.69 Å². The van der Waals surface area contributed by atoms with E-state index in [9.17, 15) is 18.5 Å². The Morgan fingerprint density at radius 2 is 2.00 bits per heavy atom. The molecule has 0 aliphatic carbocycles. The summed E-state index contributed by atoms with van der Waals surface area (Å²) in [6, 6.07) is 4.72. The Kier molecular flexibility index (Phi) is 3.60. The Hall–Kier alpha value is -1.51. The van der Waals surface area contributed by atoms with E-state index in [4.69, 9.17) is 0 Å². The van der Waals surface area contributed by atoms with Crippen LogP contribution in [0.3, 0.4) is 0 Å². The molecule has 1 aromatic rings. The summed E-state index contributed by atoms with van der Waals surface area (Å²) in [4.78, 5) is 9.95. The quantitative estimate of drug-likeness (QED) is 0.603. The number of hydrogen-bond acceptors (Lipinski definition) is 5. The highest BCUT2D eigenvalue weighted by Crippen LogP contribution is 2.16. The second-order valence-electron chi connectivity index (χ2n) is 4.06. The van der Waals surface area contributed by atoms with Gasteiger partial charge in [0.2, 0.25) is 10.0 Å². The van der Waals surface area contributed by atoms with Crippen LogP contribution >= 0.6 is 0 Å². The van der Waals surface area contributed by atoms with Crippen LogP contribution < -0.4 is 10.0 Å². The van der Waals surface area contributed by atoms with Crippen LogP contribution in [0.25, 0.3) is 0 Å². The zero-order chi connectivity index (χ0) is 13.2. The molecule has 0 amide bonds. The maximum atomic E-state index is 12.0. The van der Waals surface area contributed by atoms with Gasteiger partial charge in [0.1, 0.15) is 0 Å². The van der Waals surface area contributed by atoms with Crippen molar-refractivity contribution in [1.82, 2.24) is 10.0 Å². The van der Waals surface area contributed by atoms with Gasteiger partial charge in [-0.3, -0.25) is 10.1 Å². The average Bonchev–Trinajstić information content (AvgIpc) is 2.81. The smallest absolute Gasteiger partial charge is 0.269 e. The van der Waals surface area contributed by atoms with Crippen LogP contribution in [0.5, 0.6) is 0 Å². The first-order valence-corrected chi connectivity index (χ1v) is 6.95. The third kappa shape index (κ3) is 2.84. The van der Waals surface area contributed by atoms with Gasteiger partial charge in [-0.1, -0.05) is 0 Å². The number of rotatable bonds is 4. The third-order valence-electron chi connectivity index (χ3n) is 2.74. The van der Waals surface area contributed by atoms with Gasteiger partial charge in [-0.2, -0.15) is 0 Å². The molecule has 1 heterocycles. The minimum absolute atomic E-state index is 0.0417. The molecule has 0 unspecified atom stereocenters. The number of nitrogens with one attached hydrogen (secondary N) is 2. The maximum absolute atomic E-state index is 12.0. The highest BCUT2D eigenvalue weighted by molar-refractivity contribution is 7.89. The molecule has 0 bridgehead atoms. The van der Waals surface area contributed by atoms with E-state index < -0.39 is 14.9 Å². The molecule has 7 nitrogen and oxygen atoms in total. The topological polar surface area (TPSA) is 101 Å². The van der Waals surface area contributed by atoms with E-state index in [1.807, 2.05) is 0 Å². The van der Waals surface area contributed by atoms with Crippen molar-refractivity contribution in [1.29, 1.82) is 0 Å². The summed E-state index contributed by atoms with van der Waals surface area (Å²) in [5.41, 5.74) is -0.128. The molecule has 8 heteroatoms. The van der Waals surface area contributed by atoms with Crippen LogP contribution in [0.15, 0.2) is 29.2 Å². The van der Waals surface area contributed by atoms with Gasteiger partial charge < -0.3 is 5.32 Å². The predicted octanol–water partition coefficient (Wildman–Crippen LogP) is 0.235. The van der Waals surface area contributed by atoms with Gasteiger partial charge in [0, 0.05) is 24.7 Å². The van der Waals surface area contributed by atoms with Gasteiger partial charge in [0.05, 0.1) is 9.82 Å². The number of non-ortho nitro benzene ring substituents is 1. The fraction of sp³-hybridized carbons (Fsp3) is 0.400. The lowest BCUT2D eigenvalue weighted by Crippen LogP contribution is -2.36. The van der Waals surface area contributed by atoms with E-state index in [-0.39, 0.29) is 16.6 Å². The maximum Gasteiger partial charge on any atom is 0.269 e. The van der Waals surface area contributed by atoms with Gasteiger partial charge >= 0.3 is 0 Å². The Bertz CT molecular complexity index is 535. The summed E-state index contributed by atoms with van der Waals surface area (Å²) in [5, 5.41) is 13.5. The van der Waals surface area contributed by atoms with E-state index in [1.54, 1.807) is 0 Å². The van der Waals surface area contributed by atoms with E-state index in [0.29, 0.717) is 6.54 Å². The standard InChI is InChI=1S/C10H13N3O4S/c14-13(15)9-1-3-10(4-2-9)18(16,17)12-8-5-6-11-7-8/h1-4,8,11-12H,5-7H2/t8-/m1/s1. The second kappa shape index (κ2) is 5.01. The molecule has 98 valence electrons. The minimum Gasteiger partial charge on any atom is -0.315 e. The fourth-order valence-corrected chi connectivity index (χ4v) is 3.06. The molecule has 0 saturated carbocycles. The normalized spacial score (nSPS) is 19.9. The molecule has 18 heavy (non-hydrogen) atoms. The Labute approximate surface area is 104 Å². The monoisotopic (exact) mass is 271 g/mol. The summed E-state index contributed by atoms with van der Waals surface area (Å²) >= 11 is 0. The van der Waals surface area contributed by atoms with Gasteiger partial charge in [0.15, 0.2) is 0 Å². The van der Waals surface area contributed by atoms with Crippen LogP contribution in [0.2, 0.25) is 0 Å². The molecular formula is C10H13N3O4S. The molecule has 0 spiro atoms. The molecule has 1 aliphatic rings. The molecule has 1 fully saturated rings. The van der Waals surface area contributed by atoms with Crippen molar-refractivity contribution < 1.29 is 13.3 Å². The average molecular weight is 271 g/mol. The highest BCUT2D eigenvalue weighted by atomic mass is 32.2. The Morgan fingerprint density at radius 1 is 1.33 bits per heavy atom. The van der Waals surface area contributed by atoms with Crippen LogP contribution in [0, 0.1) is 10.1 Å². The van der Waals surface area contributed by atoms with E-state index in [0.717, 1.165) is 13.0 Å². The van der Waals surface area contributed by atoms with Gasteiger partial charge in [-0.15, -0.1) is 0 Å². The number of nitrogens with zero attached hydrogens (tertiary/aromatic N) is 1. The van der Waals surface area contributed by atoms with Crippen LogP contribution in [-0.4, -0.2) is 32.5 Å². The lowest BCUT2D eigenvalue weighted by molar-refractivity contribution is -0.384. The predicted molar refractivity (Wildman–Crippen MR) is 64.7 cm³/mol. The summed E-state index contributed by atoms with van der Waals surface area (Å²) in [6.45, 7) is 1.39. The largest absolute Gasteiger partial charge is 0.315 e. The molecule has 2 N–H and O–H groups in total. The molecule has 0 radical (unpaired) electrons. The van der Waals surface area contributed by atoms with E-state index in [2.05, 4.69) is 10.0 Å². The van der Waals surface area contributed by atoms with Crippen molar-refractivity contribution in [2.45, 2.75) is 17.4 Å². The summed E-state index contributed by atoms with van der Waals surface area (Å²) < 4.78 is 26.5. The SMILES string of the molecule is O=[N+]([O-])c1ccc(S(=O)(=O)N[C@@H]2CCNC2)cc1. The molecule has 2 rings (SSSR count). The van der Waals surface area contributed by atoms with Crippen LogP contribution in [0.4, 0.5) is 5.69 Å². The highest BCUT2D eigenvalue weighted by Gasteiger charge is 2.23. The number of nitro groups is 1. The molecular weight excluding hydrogens is 258 g/mol. The number of hydrogen-bond donors (Lipinski definition) is 2. The first kappa shape index (κ1) is 12.9. The van der Waals surface area contributed by atoms with Crippen molar-refractivity contribution in [3.8, 4) is 0 Å². The van der Waals surface area contributed by atoms with E-state index in [1.165, 1.54) is 24.3 Å². The molecule has 1 aliphatic heterocycles. The Balaban J connectivity index is 2.16. The second-order valence-corrected chi connectivity index (χ2v) is 5.78. The zero-order valence-corrected chi connectivity index (χ0v) is 10.3. The minimum atomic E-state index is -3.60.